The van der Waals surface area contributed by atoms with Crippen LogP contribution in [-0.4, -0.2) is 14.9 Å². The lowest BCUT2D eigenvalue weighted by Crippen LogP contribution is -1.95. The first kappa shape index (κ1) is 13.4. The highest BCUT2D eigenvalue weighted by atomic mass is 32.2. The SMILES string of the molecule is O=[N+]([O-])c1c(F)cccc1Sc1ncnc2ccccc12. The summed E-state index contributed by atoms with van der Waals surface area (Å²) >= 11 is 1.05. The molecule has 0 bridgehead atoms. The summed E-state index contributed by atoms with van der Waals surface area (Å²) in [5.74, 6) is -0.858. The summed E-state index contributed by atoms with van der Waals surface area (Å²) in [5, 5.41) is 12.3. The van der Waals surface area contributed by atoms with Crippen LogP contribution in [0, 0.1) is 15.9 Å². The first-order chi connectivity index (χ1) is 10.2. The Morgan fingerprint density at radius 2 is 1.90 bits per heavy atom. The molecular weight excluding hydrogens is 293 g/mol. The summed E-state index contributed by atoms with van der Waals surface area (Å²) in [5.41, 5.74) is 0.194. The Hall–Kier alpha value is -2.54. The van der Waals surface area contributed by atoms with E-state index in [1.165, 1.54) is 18.5 Å². The molecule has 104 valence electrons. The molecule has 0 N–H and O–H groups in total. The van der Waals surface area contributed by atoms with E-state index in [2.05, 4.69) is 9.97 Å². The fourth-order valence-corrected chi connectivity index (χ4v) is 2.93. The standard InChI is InChI=1S/C14H8FN3O2S/c15-10-5-3-7-12(13(10)18(19)20)21-14-9-4-1-2-6-11(9)16-8-17-14/h1-8H. The zero-order valence-electron chi connectivity index (χ0n) is 10.6. The van der Waals surface area contributed by atoms with E-state index in [0.29, 0.717) is 5.03 Å². The van der Waals surface area contributed by atoms with Crippen LogP contribution < -0.4 is 0 Å². The summed E-state index contributed by atoms with van der Waals surface area (Å²) in [6.45, 7) is 0. The highest BCUT2D eigenvalue weighted by molar-refractivity contribution is 7.99. The van der Waals surface area contributed by atoms with E-state index in [-0.39, 0.29) is 4.90 Å². The van der Waals surface area contributed by atoms with Crippen molar-refractivity contribution in [3.63, 3.8) is 0 Å². The molecule has 7 heteroatoms. The second-order valence-corrected chi connectivity index (χ2v) is 5.17. The topological polar surface area (TPSA) is 68.9 Å². The molecule has 5 nitrogen and oxygen atoms in total. The largest absolute Gasteiger partial charge is 0.318 e. The first-order valence-electron chi connectivity index (χ1n) is 5.97. The molecule has 0 aliphatic rings. The Balaban J connectivity index is 2.12. The van der Waals surface area contributed by atoms with Crippen LogP contribution in [0.5, 0.6) is 0 Å². The summed E-state index contributed by atoms with van der Waals surface area (Å²) in [6, 6.07) is 11.3. The Bertz CT molecular complexity index is 836. The van der Waals surface area contributed by atoms with Crippen molar-refractivity contribution in [2.75, 3.05) is 0 Å². The predicted octanol–water partition coefficient (Wildman–Crippen LogP) is 3.83. The molecule has 21 heavy (non-hydrogen) atoms. The number of fused-ring (bicyclic) bond motifs is 1. The zero-order chi connectivity index (χ0) is 14.8. The molecule has 3 rings (SSSR count). The summed E-state index contributed by atoms with van der Waals surface area (Å²) in [7, 11) is 0. The van der Waals surface area contributed by atoms with Gasteiger partial charge in [0.15, 0.2) is 0 Å². The van der Waals surface area contributed by atoms with Gasteiger partial charge in [-0.3, -0.25) is 10.1 Å². The number of hydrogen-bond donors (Lipinski definition) is 0. The molecule has 0 aliphatic heterocycles. The molecule has 0 atom stereocenters. The van der Waals surface area contributed by atoms with Crippen LogP contribution in [0.1, 0.15) is 0 Å². The Morgan fingerprint density at radius 1 is 1.10 bits per heavy atom. The van der Waals surface area contributed by atoms with Crippen LogP contribution in [0.3, 0.4) is 0 Å². The van der Waals surface area contributed by atoms with Gasteiger partial charge < -0.3 is 0 Å². The average Bonchev–Trinajstić information content (AvgIpc) is 2.47. The van der Waals surface area contributed by atoms with Crippen LogP contribution in [0.25, 0.3) is 10.9 Å². The van der Waals surface area contributed by atoms with Gasteiger partial charge >= 0.3 is 5.69 Å². The van der Waals surface area contributed by atoms with Crippen LogP contribution in [0.2, 0.25) is 0 Å². The summed E-state index contributed by atoms with van der Waals surface area (Å²) in [6.07, 6.45) is 1.38. The van der Waals surface area contributed by atoms with Gasteiger partial charge in [0.2, 0.25) is 5.82 Å². The molecular formula is C14H8FN3O2S. The Kier molecular flexibility index (Phi) is 3.49. The van der Waals surface area contributed by atoms with Gasteiger partial charge in [0.25, 0.3) is 0 Å². The molecule has 0 fully saturated rings. The molecule has 0 saturated carbocycles. The Labute approximate surface area is 123 Å². The van der Waals surface area contributed by atoms with Gasteiger partial charge in [-0.15, -0.1) is 0 Å². The maximum absolute atomic E-state index is 13.6. The van der Waals surface area contributed by atoms with E-state index in [1.807, 2.05) is 24.3 Å². The number of benzene rings is 2. The molecule has 0 spiro atoms. The molecule has 0 amide bonds. The van der Waals surface area contributed by atoms with Crippen molar-refractivity contribution in [3.8, 4) is 0 Å². The minimum atomic E-state index is -0.858. The van der Waals surface area contributed by atoms with Crippen molar-refractivity contribution in [3.05, 3.63) is 64.7 Å². The second-order valence-electron chi connectivity index (χ2n) is 4.14. The second kappa shape index (κ2) is 5.45. The van der Waals surface area contributed by atoms with Crippen molar-refractivity contribution in [1.82, 2.24) is 9.97 Å². The van der Waals surface area contributed by atoms with Crippen molar-refractivity contribution >= 4 is 28.4 Å². The molecule has 1 heterocycles. The molecule has 0 unspecified atom stereocenters. The van der Waals surface area contributed by atoms with E-state index in [0.717, 1.165) is 28.7 Å². The van der Waals surface area contributed by atoms with E-state index >= 15 is 0 Å². The normalized spacial score (nSPS) is 10.7. The zero-order valence-corrected chi connectivity index (χ0v) is 11.4. The number of hydrogen-bond acceptors (Lipinski definition) is 5. The van der Waals surface area contributed by atoms with Gasteiger partial charge in [0.05, 0.1) is 15.3 Å². The maximum atomic E-state index is 13.6. The number of rotatable bonds is 3. The quantitative estimate of drug-likeness (QED) is 0.418. The summed E-state index contributed by atoms with van der Waals surface area (Å²) in [4.78, 5) is 18.8. The van der Waals surface area contributed by atoms with Crippen LogP contribution in [-0.2, 0) is 0 Å². The molecule has 2 aromatic carbocycles. The molecule has 3 aromatic rings. The minimum absolute atomic E-state index is 0.212. The Morgan fingerprint density at radius 3 is 2.71 bits per heavy atom. The number of nitro groups is 1. The lowest BCUT2D eigenvalue weighted by molar-refractivity contribution is -0.390. The van der Waals surface area contributed by atoms with Crippen molar-refractivity contribution < 1.29 is 9.31 Å². The average molecular weight is 301 g/mol. The highest BCUT2D eigenvalue weighted by Crippen LogP contribution is 2.37. The fraction of sp³-hybridized carbons (Fsp3) is 0. The lowest BCUT2D eigenvalue weighted by atomic mass is 10.2. The molecule has 1 aromatic heterocycles. The number of halogens is 1. The third kappa shape index (κ3) is 2.55. The van der Waals surface area contributed by atoms with Gasteiger partial charge in [-0.25, -0.2) is 9.97 Å². The monoisotopic (exact) mass is 301 g/mol. The number of para-hydroxylation sites is 2. The predicted molar refractivity (Wildman–Crippen MR) is 76.7 cm³/mol. The van der Waals surface area contributed by atoms with E-state index in [9.17, 15) is 14.5 Å². The van der Waals surface area contributed by atoms with Gasteiger partial charge in [-0.05, 0) is 18.2 Å². The first-order valence-corrected chi connectivity index (χ1v) is 6.79. The lowest BCUT2D eigenvalue weighted by Gasteiger charge is -2.05. The highest BCUT2D eigenvalue weighted by Gasteiger charge is 2.21. The van der Waals surface area contributed by atoms with Gasteiger partial charge in [-0.1, -0.05) is 36.0 Å². The third-order valence-corrected chi connectivity index (χ3v) is 3.91. The minimum Gasteiger partial charge on any atom is -0.258 e. The van der Waals surface area contributed by atoms with E-state index in [1.54, 1.807) is 0 Å². The molecule has 0 saturated heterocycles. The third-order valence-electron chi connectivity index (χ3n) is 2.85. The smallest absolute Gasteiger partial charge is 0.258 e. The van der Waals surface area contributed by atoms with Crippen LogP contribution in [0.15, 0.2) is 58.7 Å². The van der Waals surface area contributed by atoms with Gasteiger partial charge in [-0.2, -0.15) is 4.39 Å². The molecule has 0 aliphatic carbocycles. The van der Waals surface area contributed by atoms with Crippen molar-refractivity contribution in [1.29, 1.82) is 0 Å². The fourth-order valence-electron chi connectivity index (χ4n) is 1.92. The number of nitrogens with zero attached hydrogens (tertiary/aromatic N) is 3. The van der Waals surface area contributed by atoms with E-state index in [4.69, 9.17) is 0 Å². The summed E-state index contributed by atoms with van der Waals surface area (Å²) < 4.78 is 13.6. The van der Waals surface area contributed by atoms with Crippen LogP contribution >= 0.6 is 11.8 Å². The van der Waals surface area contributed by atoms with Gasteiger partial charge in [0.1, 0.15) is 11.4 Å². The number of aromatic nitrogens is 2. The van der Waals surface area contributed by atoms with Crippen molar-refractivity contribution in [2.45, 2.75) is 9.92 Å². The van der Waals surface area contributed by atoms with E-state index < -0.39 is 16.4 Å². The van der Waals surface area contributed by atoms with Gasteiger partial charge in [0, 0.05) is 5.39 Å². The molecule has 0 radical (unpaired) electrons. The maximum Gasteiger partial charge on any atom is 0.318 e. The van der Waals surface area contributed by atoms with Crippen molar-refractivity contribution in [2.24, 2.45) is 0 Å². The number of nitro benzene ring substituents is 1. The van der Waals surface area contributed by atoms with Crippen LogP contribution in [0.4, 0.5) is 10.1 Å².